The van der Waals surface area contributed by atoms with Crippen LogP contribution in [0.5, 0.6) is 5.75 Å². The number of nitrogens with one attached hydrogen (secondary N) is 2. The Balaban J connectivity index is 2.12. The summed E-state index contributed by atoms with van der Waals surface area (Å²) in [6, 6.07) is 2.90. The molecule has 5 nitrogen and oxygen atoms in total. The number of halogens is 1. The second-order valence-electron chi connectivity index (χ2n) is 7.82. The van der Waals surface area contributed by atoms with E-state index in [1.54, 1.807) is 12.1 Å². The first-order chi connectivity index (χ1) is 12.8. The van der Waals surface area contributed by atoms with Gasteiger partial charge in [0.25, 0.3) is 0 Å². The summed E-state index contributed by atoms with van der Waals surface area (Å²) in [5.41, 5.74) is 1.41. The van der Waals surface area contributed by atoms with E-state index in [9.17, 15) is 9.59 Å². The summed E-state index contributed by atoms with van der Waals surface area (Å²) in [4.78, 5) is 25.6. The minimum Gasteiger partial charge on any atom is -0.495 e. The van der Waals surface area contributed by atoms with Crippen LogP contribution in [-0.4, -0.2) is 25.0 Å². The third-order valence-corrected chi connectivity index (χ3v) is 5.46. The van der Waals surface area contributed by atoms with E-state index in [2.05, 4.69) is 10.6 Å². The fourth-order valence-electron chi connectivity index (χ4n) is 3.51. The van der Waals surface area contributed by atoms with Crippen molar-refractivity contribution in [2.75, 3.05) is 12.4 Å². The molecule has 0 aliphatic heterocycles. The van der Waals surface area contributed by atoms with Crippen LogP contribution in [0.4, 0.5) is 5.69 Å². The van der Waals surface area contributed by atoms with Crippen LogP contribution in [0.1, 0.15) is 57.9 Å². The Kier molecular flexibility index (Phi) is 7.96. The summed E-state index contributed by atoms with van der Waals surface area (Å²) >= 11 is 6.14. The minimum atomic E-state index is -0.569. The van der Waals surface area contributed by atoms with E-state index in [1.165, 1.54) is 13.5 Å². The van der Waals surface area contributed by atoms with Gasteiger partial charge in [-0.15, -0.1) is 0 Å². The Bertz CT molecular complexity index is 670. The van der Waals surface area contributed by atoms with Gasteiger partial charge in [0.2, 0.25) is 11.8 Å². The van der Waals surface area contributed by atoms with Gasteiger partial charge in [0, 0.05) is 17.0 Å². The highest BCUT2D eigenvalue weighted by atomic mass is 35.5. The first-order valence-electron chi connectivity index (χ1n) is 9.77. The third kappa shape index (κ3) is 6.13. The molecule has 2 amide bonds. The molecule has 0 saturated heterocycles. The Hall–Kier alpha value is -1.75. The van der Waals surface area contributed by atoms with E-state index in [1.807, 2.05) is 20.8 Å². The summed E-state index contributed by atoms with van der Waals surface area (Å²) in [5, 5.41) is 6.47. The van der Waals surface area contributed by atoms with Crippen LogP contribution < -0.4 is 15.4 Å². The fourth-order valence-corrected chi connectivity index (χ4v) is 3.66. The first-order valence-corrected chi connectivity index (χ1v) is 10.1. The smallest absolute Gasteiger partial charge is 0.247 e. The second-order valence-corrected chi connectivity index (χ2v) is 8.22. The molecule has 0 heterocycles. The quantitative estimate of drug-likeness (QED) is 0.703. The van der Waals surface area contributed by atoms with Gasteiger partial charge >= 0.3 is 0 Å². The summed E-state index contributed by atoms with van der Waals surface area (Å²) in [5.74, 6) is 0.568. The van der Waals surface area contributed by atoms with E-state index < -0.39 is 6.04 Å². The zero-order valence-electron chi connectivity index (χ0n) is 16.7. The maximum atomic E-state index is 12.9. The van der Waals surface area contributed by atoms with Gasteiger partial charge in [-0.25, -0.2) is 0 Å². The van der Waals surface area contributed by atoms with Gasteiger partial charge in [0.1, 0.15) is 11.8 Å². The number of hydrogen-bond acceptors (Lipinski definition) is 3. The van der Waals surface area contributed by atoms with Crippen molar-refractivity contribution in [3.8, 4) is 5.75 Å². The molecule has 1 atom stereocenters. The van der Waals surface area contributed by atoms with Crippen LogP contribution in [0.25, 0.3) is 0 Å². The molecule has 6 heteroatoms. The predicted octanol–water partition coefficient (Wildman–Crippen LogP) is 4.71. The van der Waals surface area contributed by atoms with Crippen LogP contribution in [0.15, 0.2) is 12.1 Å². The Morgan fingerprint density at radius 2 is 1.89 bits per heavy atom. The Labute approximate surface area is 167 Å². The lowest BCUT2D eigenvalue weighted by Crippen LogP contribution is -2.47. The zero-order chi connectivity index (χ0) is 20.0. The maximum Gasteiger partial charge on any atom is 0.247 e. The van der Waals surface area contributed by atoms with E-state index in [0.29, 0.717) is 22.9 Å². The molecule has 1 fully saturated rings. The molecule has 2 N–H and O–H groups in total. The van der Waals surface area contributed by atoms with Crippen LogP contribution in [0, 0.1) is 18.8 Å². The Morgan fingerprint density at radius 1 is 1.22 bits per heavy atom. The predicted molar refractivity (Wildman–Crippen MR) is 109 cm³/mol. The minimum absolute atomic E-state index is 0.00486. The number of amides is 2. The van der Waals surface area contributed by atoms with E-state index in [-0.39, 0.29) is 23.7 Å². The molecule has 0 radical (unpaired) electrons. The van der Waals surface area contributed by atoms with E-state index >= 15 is 0 Å². The molecular formula is C21H31ClN2O3. The van der Waals surface area contributed by atoms with Gasteiger partial charge in [0.05, 0.1) is 12.8 Å². The summed E-state index contributed by atoms with van der Waals surface area (Å²) in [6.45, 7) is 5.95. The van der Waals surface area contributed by atoms with Gasteiger partial charge in [0.15, 0.2) is 0 Å². The normalized spacial score (nSPS) is 16.1. The highest BCUT2D eigenvalue weighted by Crippen LogP contribution is 2.31. The molecule has 150 valence electrons. The number of hydrogen-bond donors (Lipinski definition) is 2. The van der Waals surface area contributed by atoms with Crippen molar-refractivity contribution in [1.29, 1.82) is 0 Å². The third-order valence-electron chi connectivity index (χ3n) is 5.05. The number of carbonyl (C=O) groups excluding carboxylic acids is 2. The number of methoxy groups -OCH3 is 1. The summed E-state index contributed by atoms with van der Waals surface area (Å²) in [6.07, 6.45) is 5.76. The average molecular weight is 395 g/mol. The second kappa shape index (κ2) is 9.98. The number of aryl methyl sites for hydroxylation is 1. The van der Waals surface area contributed by atoms with Crippen molar-refractivity contribution in [2.24, 2.45) is 11.8 Å². The number of anilines is 1. The van der Waals surface area contributed by atoms with Crippen molar-refractivity contribution >= 4 is 29.1 Å². The molecule has 1 aliphatic rings. The molecule has 0 spiro atoms. The maximum absolute atomic E-state index is 12.9. The van der Waals surface area contributed by atoms with Crippen LogP contribution in [-0.2, 0) is 9.59 Å². The van der Waals surface area contributed by atoms with Gasteiger partial charge in [-0.3, -0.25) is 9.59 Å². The van der Waals surface area contributed by atoms with Crippen LogP contribution in [0.2, 0.25) is 5.02 Å². The largest absolute Gasteiger partial charge is 0.495 e. The summed E-state index contributed by atoms with van der Waals surface area (Å²) in [7, 11) is 1.53. The van der Waals surface area contributed by atoms with Gasteiger partial charge in [-0.05, 0) is 43.7 Å². The molecule has 1 aliphatic carbocycles. The average Bonchev–Trinajstić information content (AvgIpc) is 2.64. The number of rotatable bonds is 7. The molecule has 1 saturated carbocycles. The lowest BCUT2D eigenvalue weighted by Gasteiger charge is -2.25. The van der Waals surface area contributed by atoms with Crippen molar-refractivity contribution in [2.45, 2.75) is 65.3 Å². The summed E-state index contributed by atoms with van der Waals surface area (Å²) < 4.78 is 5.33. The van der Waals surface area contributed by atoms with E-state index in [0.717, 1.165) is 31.2 Å². The number of carbonyl (C=O) groups is 2. The SMILES string of the molecule is COc1cc(Cl)c(C)cc1NC(=O)C(CC(C)C)NC(=O)C1CCCCC1. The van der Waals surface area contributed by atoms with Gasteiger partial charge in [-0.1, -0.05) is 44.7 Å². The van der Waals surface area contributed by atoms with Crippen LogP contribution in [0.3, 0.4) is 0 Å². The van der Waals surface area contributed by atoms with Crippen molar-refractivity contribution < 1.29 is 14.3 Å². The standard InChI is InChI=1S/C21H31ClN2O3/c1-13(2)10-18(24-20(25)15-8-6-5-7-9-15)21(26)23-17-11-14(3)16(22)12-19(17)27-4/h11-13,15,18H,5-10H2,1-4H3,(H,23,26)(H,24,25). The molecular weight excluding hydrogens is 364 g/mol. The number of ether oxygens (including phenoxy) is 1. The Morgan fingerprint density at radius 3 is 2.48 bits per heavy atom. The lowest BCUT2D eigenvalue weighted by atomic mass is 9.88. The molecule has 27 heavy (non-hydrogen) atoms. The van der Waals surface area contributed by atoms with Crippen molar-refractivity contribution in [3.05, 3.63) is 22.7 Å². The zero-order valence-corrected chi connectivity index (χ0v) is 17.5. The van der Waals surface area contributed by atoms with Crippen molar-refractivity contribution in [1.82, 2.24) is 5.32 Å². The number of benzene rings is 1. The van der Waals surface area contributed by atoms with E-state index in [4.69, 9.17) is 16.3 Å². The van der Waals surface area contributed by atoms with Gasteiger partial charge in [-0.2, -0.15) is 0 Å². The van der Waals surface area contributed by atoms with Crippen LogP contribution >= 0.6 is 11.6 Å². The molecule has 2 rings (SSSR count). The molecule has 0 bridgehead atoms. The molecule has 0 aromatic heterocycles. The molecule has 1 aromatic carbocycles. The highest BCUT2D eigenvalue weighted by molar-refractivity contribution is 6.31. The van der Waals surface area contributed by atoms with Gasteiger partial charge < -0.3 is 15.4 Å². The molecule has 1 aromatic rings. The molecule has 1 unspecified atom stereocenters. The van der Waals surface area contributed by atoms with Crippen molar-refractivity contribution in [3.63, 3.8) is 0 Å². The first kappa shape index (κ1) is 21.5. The topological polar surface area (TPSA) is 67.4 Å². The highest BCUT2D eigenvalue weighted by Gasteiger charge is 2.27. The fraction of sp³-hybridized carbons (Fsp3) is 0.619. The monoisotopic (exact) mass is 394 g/mol. The lowest BCUT2D eigenvalue weighted by molar-refractivity contribution is -0.130.